The van der Waals surface area contributed by atoms with Crippen LogP contribution in [0.5, 0.6) is 0 Å². The van der Waals surface area contributed by atoms with Crippen molar-refractivity contribution in [3.63, 3.8) is 0 Å². The predicted octanol–water partition coefficient (Wildman–Crippen LogP) is 2.09. The van der Waals surface area contributed by atoms with Gasteiger partial charge in [-0.3, -0.25) is 4.79 Å². The van der Waals surface area contributed by atoms with E-state index in [9.17, 15) is 4.79 Å². The predicted molar refractivity (Wildman–Crippen MR) is 89.3 cm³/mol. The molecule has 0 saturated carbocycles. The summed E-state index contributed by atoms with van der Waals surface area (Å²) in [5, 5.41) is 3.67. The van der Waals surface area contributed by atoms with Crippen LogP contribution in [0.3, 0.4) is 0 Å². The quantitative estimate of drug-likeness (QED) is 0.909. The number of ether oxygens (including phenoxy) is 1. The van der Waals surface area contributed by atoms with Gasteiger partial charge in [-0.25, -0.2) is 0 Å². The molecule has 1 aromatic carbocycles. The van der Waals surface area contributed by atoms with E-state index in [4.69, 9.17) is 4.74 Å². The molecular weight excluding hydrogens is 288 g/mol. The maximum Gasteiger partial charge on any atom is 0.233 e. The summed E-state index contributed by atoms with van der Waals surface area (Å²) in [5.74, 6) is 0.321. The summed E-state index contributed by atoms with van der Waals surface area (Å²) in [6.07, 6.45) is 5.16. The molecule has 0 aliphatic carbocycles. The number of hydrogen-bond donors (Lipinski definition) is 1. The Morgan fingerprint density at radius 1 is 1.09 bits per heavy atom. The smallest absolute Gasteiger partial charge is 0.233 e. The second-order valence-corrected chi connectivity index (χ2v) is 7.24. The highest BCUT2D eigenvalue weighted by Gasteiger charge is 2.45. The summed E-state index contributed by atoms with van der Waals surface area (Å²) in [5.41, 5.74) is 0.777. The molecule has 0 spiro atoms. The van der Waals surface area contributed by atoms with Crippen LogP contribution in [0.4, 0.5) is 0 Å². The van der Waals surface area contributed by atoms with E-state index in [0.29, 0.717) is 31.2 Å². The molecule has 0 aromatic heterocycles. The van der Waals surface area contributed by atoms with Crippen LogP contribution in [0, 0.1) is 0 Å². The second-order valence-electron chi connectivity index (χ2n) is 7.24. The molecule has 3 fully saturated rings. The summed E-state index contributed by atoms with van der Waals surface area (Å²) in [6.45, 7) is 3.12. The van der Waals surface area contributed by atoms with Gasteiger partial charge >= 0.3 is 0 Å². The van der Waals surface area contributed by atoms with Crippen molar-refractivity contribution in [2.24, 2.45) is 0 Å². The average Bonchev–Trinajstić information content (AvgIpc) is 2.95. The summed E-state index contributed by atoms with van der Waals surface area (Å²) in [6, 6.07) is 11.4. The lowest BCUT2D eigenvalue weighted by Crippen LogP contribution is -2.52. The Morgan fingerprint density at radius 3 is 2.61 bits per heavy atom. The summed E-state index contributed by atoms with van der Waals surface area (Å²) in [7, 11) is 0. The Morgan fingerprint density at radius 2 is 1.83 bits per heavy atom. The van der Waals surface area contributed by atoms with Crippen molar-refractivity contribution in [3.8, 4) is 0 Å². The fourth-order valence-electron chi connectivity index (χ4n) is 4.53. The van der Waals surface area contributed by atoms with Gasteiger partial charge in [0.1, 0.15) is 0 Å². The minimum atomic E-state index is -0.386. The molecule has 3 aliphatic heterocycles. The number of carbonyl (C=O) groups is 1. The first-order valence-electron chi connectivity index (χ1n) is 8.97. The SMILES string of the molecule is O=C(N1CCC2CCC(C1)N2)C1(c2ccccc2)CCOCC1. The van der Waals surface area contributed by atoms with Crippen molar-refractivity contribution in [2.45, 2.75) is 49.6 Å². The molecular formula is C19H26N2O2. The Labute approximate surface area is 138 Å². The van der Waals surface area contributed by atoms with Crippen molar-refractivity contribution >= 4 is 5.91 Å². The molecule has 4 heteroatoms. The van der Waals surface area contributed by atoms with E-state index in [1.165, 1.54) is 12.8 Å². The molecule has 124 valence electrons. The lowest BCUT2D eigenvalue weighted by atomic mass is 9.73. The third kappa shape index (κ3) is 2.79. The zero-order valence-electron chi connectivity index (χ0n) is 13.7. The third-order valence-corrected chi connectivity index (χ3v) is 5.89. The van der Waals surface area contributed by atoms with E-state index < -0.39 is 0 Å². The Hall–Kier alpha value is -1.39. The van der Waals surface area contributed by atoms with Gasteiger partial charge in [-0.2, -0.15) is 0 Å². The molecule has 3 aliphatic rings. The summed E-state index contributed by atoms with van der Waals surface area (Å²) < 4.78 is 5.57. The minimum absolute atomic E-state index is 0.321. The standard InChI is InChI=1S/C19H26N2O2/c22-18(21-11-8-16-6-7-17(14-21)20-16)19(9-12-23-13-10-19)15-4-2-1-3-5-15/h1-5,16-17,20H,6-14H2. The number of likely N-dealkylation sites (tertiary alicyclic amines) is 1. The van der Waals surface area contributed by atoms with Gasteiger partial charge in [0.15, 0.2) is 0 Å². The van der Waals surface area contributed by atoms with Crippen molar-refractivity contribution in [1.29, 1.82) is 0 Å². The maximum absolute atomic E-state index is 13.5. The summed E-state index contributed by atoms with van der Waals surface area (Å²) >= 11 is 0. The number of benzene rings is 1. The van der Waals surface area contributed by atoms with E-state index in [0.717, 1.165) is 37.9 Å². The van der Waals surface area contributed by atoms with Crippen LogP contribution >= 0.6 is 0 Å². The van der Waals surface area contributed by atoms with Crippen molar-refractivity contribution in [3.05, 3.63) is 35.9 Å². The molecule has 3 heterocycles. The molecule has 4 nitrogen and oxygen atoms in total. The van der Waals surface area contributed by atoms with Crippen molar-refractivity contribution in [1.82, 2.24) is 10.2 Å². The normalized spacial score (nSPS) is 30.0. The van der Waals surface area contributed by atoms with Gasteiger partial charge in [-0.05, 0) is 37.7 Å². The Kier molecular flexibility index (Phi) is 4.12. The number of nitrogens with one attached hydrogen (secondary N) is 1. The second kappa shape index (κ2) is 6.25. The number of fused-ring (bicyclic) bond motifs is 2. The summed E-state index contributed by atoms with van der Waals surface area (Å²) in [4.78, 5) is 15.7. The van der Waals surface area contributed by atoms with Crippen molar-refractivity contribution in [2.75, 3.05) is 26.3 Å². The van der Waals surface area contributed by atoms with Crippen LogP contribution in [-0.2, 0) is 14.9 Å². The first-order valence-corrected chi connectivity index (χ1v) is 8.97. The van der Waals surface area contributed by atoms with Crippen LogP contribution in [0.15, 0.2) is 30.3 Å². The van der Waals surface area contributed by atoms with E-state index in [1.54, 1.807) is 0 Å². The van der Waals surface area contributed by atoms with E-state index >= 15 is 0 Å². The molecule has 2 atom stereocenters. The van der Waals surface area contributed by atoms with E-state index in [-0.39, 0.29) is 5.41 Å². The number of hydrogen-bond acceptors (Lipinski definition) is 3. The molecule has 2 unspecified atom stereocenters. The molecule has 1 N–H and O–H groups in total. The van der Waals surface area contributed by atoms with Crippen LogP contribution in [0.1, 0.15) is 37.7 Å². The maximum atomic E-state index is 13.5. The molecule has 2 bridgehead atoms. The lowest BCUT2D eigenvalue weighted by Gasteiger charge is -2.40. The van der Waals surface area contributed by atoms with Crippen LogP contribution in [-0.4, -0.2) is 49.2 Å². The molecule has 1 amide bonds. The zero-order valence-corrected chi connectivity index (χ0v) is 13.7. The Balaban J connectivity index is 1.62. The van der Waals surface area contributed by atoms with Crippen molar-refractivity contribution < 1.29 is 9.53 Å². The van der Waals surface area contributed by atoms with Crippen LogP contribution in [0.25, 0.3) is 0 Å². The number of carbonyl (C=O) groups excluding carboxylic acids is 1. The van der Waals surface area contributed by atoms with Gasteiger partial charge in [-0.15, -0.1) is 0 Å². The van der Waals surface area contributed by atoms with Gasteiger partial charge in [0.25, 0.3) is 0 Å². The van der Waals surface area contributed by atoms with Gasteiger partial charge in [0.05, 0.1) is 5.41 Å². The lowest BCUT2D eigenvalue weighted by molar-refractivity contribution is -0.141. The first-order chi connectivity index (χ1) is 11.3. The van der Waals surface area contributed by atoms with Gasteiger partial charge in [-0.1, -0.05) is 30.3 Å². The fraction of sp³-hybridized carbons (Fsp3) is 0.632. The van der Waals surface area contributed by atoms with Crippen LogP contribution < -0.4 is 5.32 Å². The van der Waals surface area contributed by atoms with Crippen LogP contribution in [0.2, 0.25) is 0 Å². The third-order valence-electron chi connectivity index (χ3n) is 5.89. The number of nitrogens with zero attached hydrogens (tertiary/aromatic N) is 1. The highest BCUT2D eigenvalue weighted by molar-refractivity contribution is 5.88. The zero-order chi connectivity index (χ0) is 15.7. The van der Waals surface area contributed by atoms with E-state index in [1.807, 2.05) is 18.2 Å². The number of rotatable bonds is 2. The van der Waals surface area contributed by atoms with Gasteiger partial charge in [0.2, 0.25) is 5.91 Å². The van der Waals surface area contributed by atoms with E-state index in [2.05, 4.69) is 22.3 Å². The topological polar surface area (TPSA) is 41.6 Å². The highest BCUT2D eigenvalue weighted by atomic mass is 16.5. The first kappa shape index (κ1) is 15.2. The van der Waals surface area contributed by atoms with Gasteiger partial charge in [0, 0.05) is 38.4 Å². The molecule has 0 radical (unpaired) electrons. The fourth-order valence-corrected chi connectivity index (χ4v) is 4.53. The monoisotopic (exact) mass is 314 g/mol. The molecule has 23 heavy (non-hydrogen) atoms. The molecule has 3 saturated heterocycles. The van der Waals surface area contributed by atoms with Gasteiger partial charge < -0.3 is 15.0 Å². The molecule has 1 aromatic rings. The minimum Gasteiger partial charge on any atom is -0.381 e. The average molecular weight is 314 g/mol. The molecule has 4 rings (SSSR count). The highest BCUT2D eigenvalue weighted by Crippen LogP contribution is 2.37. The largest absolute Gasteiger partial charge is 0.381 e. The Bertz CT molecular complexity index is 554. The number of amides is 1.